The smallest absolute Gasteiger partial charge is 0.272 e. The van der Waals surface area contributed by atoms with Crippen LogP contribution in [0.3, 0.4) is 0 Å². The zero-order valence-corrected chi connectivity index (χ0v) is 14.7. The van der Waals surface area contributed by atoms with Gasteiger partial charge in [-0.25, -0.2) is 0 Å². The van der Waals surface area contributed by atoms with Crippen LogP contribution in [-0.2, 0) is 9.59 Å². The third-order valence-electron chi connectivity index (χ3n) is 3.16. The molecule has 0 radical (unpaired) electrons. The number of carbonyl (C=O) groups is 2. The maximum Gasteiger partial charge on any atom is 0.272 e. The largest absolute Gasteiger partial charge is 0.322 e. The van der Waals surface area contributed by atoms with E-state index in [4.69, 9.17) is 23.2 Å². The number of anilines is 1. The van der Waals surface area contributed by atoms with Crippen molar-refractivity contribution in [3.05, 3.63) is 69.3 Å². The van der Waals surface area contributed by atoms with E-state index >= 15 is 0 Å². The van der Waals surface area contributed by atoms with E-state index in [1.807, 2.05) is 31.2 Å². The summed E-state index contributed by atoms with van der Waals surface area (Å²) in [6.07, 6.45) is 1.62. The van der Waals surface area contributed by atoms with Crippen LogP contribution in [0.15, 0.2) is 48.2 Å². The van der Waals surface area contributed by atoms with E-state index in [2.05, 4.69) is 10.6 Å². The first-order valence-corrected chi connectivity index (χ1v) is 7.93. The zero-order chi connectivity index (χ0) is 17.7. The van der Waals surface area contributed by atoms with Gasteiger partial charge in [0.05, 0.1) is 0 Å². The lowest BCUT2D eigenvalue weighted by Gasteiger charge is -2.11. The van der Waals surface area contributed by atoms with Gasteiger partial charge in [-0.3, -0.25) is 9.59 Å². The second kappa shape index (κ2) is 7.99. The molecular formula is C18H16Cl2N2O2. The van der Waals surface area contributed by atoms with Gasteiger partial charge in [-0.15, -0.1) is 0 Å². The Kier molecular flexibility index (Phi) is 6.01. The summed E-state index contributed by atoms with van der Waals surface area (Å²) in [7, 11) is 0. The summed E-state index contributed by atoms with van der Waals surface area (Å²) < 4.78 is 0. The predicted octanol–water partition coefficient (Wildman–Crippen LogP) is 4.42. The first kappa shape index (κ1) is 18.0. The molecule has 0 aromatic heterocycles. The summed E-state index contributed by atoms with van der Waals surface area (Å²) in [5, 5.41) is 6.04. The normalized spacial score (nSPS) is 11.1. The summed E-state index contributed by atoms with van der Waals surface area (Å²) in [4.78, 5) is 23.9. The van der Waals surface area contributed by atoms with Gasteiger partial charge in [0.15, 0.2) is 0 Å². The van der Waals surface area contributed by atoms with Crippen molar-refractivity contribution in [3.63, 3.8) is 0 Å². The lowest BCUT2D eigenvalue weighted by molar-refractivity contribution is -0.120. The van der Waals surface area contributed by atoms with Gasteiger partial charge in [0.2, 0.25) is 5.91 Å². The fourth-order valence-corrected chi connectivity index (χ4v) is 2.60. The van der Waals surface area contributed by atoms with Crippen LogP contribution in [0.5, 0.6) is 0 Å². The van der Waals surface area contributed by atoms with E-state index in [0.29, 0.717) is 15.7 Å². The molecule has 0 aliphatic heterocycles. The number of carbonyl (C=O) groups excluding carboxylic acids is 2. The number of halogens is 2. The van der Waals surface area contributed by atoms with Crippen molar-refractivity contribution in [3.8, 4) is 0 Å². The maximum absolute atomic E-state index is 12.5. The maximum atomic E-state index is 12.5. The van der Waals surface area contributed by atoms with Crippen LogP contribution >= 0.6 is 23.2 Å². The second-order valence-corrected chi connectivity index (χ2v) is 6.08. The van der Waals surface area contributed by atoms with E-state index in [1.54, 1.807) is 24.3 Å². The minimum atomic E-state index is -0.466. The number of benzene rings is 2. The Balaban J connectivity index is 2.32. The molecule has 4 nitrogen and oxygen atoms in total. The van der Waals surface area contributed by atoms with Crippen molar-refractivity contribution in [2.24, 2.45) is 0 Å². The predicted molar refractivity (Wildman–Crippen MR) is 98.1 cm³/mol. The molecule has 0 aliphatic carbocycles. The molecule has 0 aliphatic rings. The van der Waals surface area contributed by atoms with Crippen LogP contribution in [0, 0.1) is 6.92 Å². The van der Waals surface area contributed by atoms with Gasteiger partial charge in [-0.1, -0.05) is 47.5 Å². The lowest BCUT2D eigenvalue weighted by Crippen LogP contribution is -2.29. The van der Waals surface area contributed by atoms with E-state index in [1.165, 1.54) is 6.92 Å². The van der Waals surface area contributed by atoms with Crippen LogP contribution in [0.25, 0.3) is 6.08 Å². The number of hydrogen-bond acceptors (Lipinski definition) is 2. The zero-order valence-electron chi connectivity index (χ0n) is 13.2. The van der Waals surface area contributed by atoms with E-state index in [0.717, 1.165) is 11.1 Å². The fraction of sp³-hybridized carbons (Fsp3) is 0.111. The summed E-state index contributed by atoms with van der Waals surface area (Å²) in [5.74, 6) is -0.805. The van der Waals surface area contributed by atoms with Crippen molar-refractivity contribution < 1.29 is 9.59 Å². The summed E-state index contributed by atoms with van der Waals surface area (Å²) in [6, 6.07) is 12.3. The molecule has 6 heteroatoms. The molecule has 0 spiro atoms. The van der Waals surface area contributed by atoms with Crippen molar-refractivity contribution >= 4 is 46.8 Å². The minimum Gasteiger partial charge on any atom is -0.322 e. The average molecular weight is 363 g/mol. The van der Waals surface area contributed by atoms with Crippen molar-refractivity contribution in [1.29, 1.82) is 0 Å². The monoisotopic (exact) mass is 362 g/mol. The van der Waals surface area contributed by atoms with Crippen LogP contribution in [-0.4, -0.2) is 11.8 Å². The Morgan fingerprint density at radius 2 is 1.67 bits per heavy atom. The van der Waals surface area contributed by atoms with Crippen molar-refractivity contribution in [2.75, 3.05) is 5.32 Å². The van der Waals surface area contributed by atoms with Crippen LogP contribution in [0.2, 0.25) is 10.0 Å². The highest BCUT2D eigenvalue weighted by molar-refractivity contribution is 6.35. The van der Waals surface area contributed by atoms with Crippen molar-refractivity contribution in [2.45, 2.75) is 13.8 Å². The van der Waals surface area contributed by atoms with Gasteiger partial charge in [0.25, 0.3) is 5.91 Å². The molecule has 24 heavy (non-hydrogen) atoms. The highest BCUT2D eigenvalue weighted by Crippen LogP contribution is 2.23. The quantitative estimate of drug-likeness (QED) is 0.791. The summed E-state index contributed by atoms with van der Waals surface area (Å²) >= 11 is 11.9. The Morgan fingerprint density at radius 1 is 1.04 bits per heavy atom. The number of amides is 2. The minimum absolute atomic E-state index is 0.132. The Hall–Kier alpha value is -2.30. The molecular weight excluding hydrogens is 347 g/mol. The molecule has 124 valence electrons. The second-order valence-electron chi connectivity index (χ2n) is 5.21. The van der Waals surface area contributed by atoms with Gasteiger partial charge in [0.1, 0.15) is 5.70 Å². The molecule has 0 fully saturated rings. The Morgan fingerprint density at radius 3 is 2.25 bits per heavy atom. The average Bonchev–Trinajstić information content (AvgIpc) is 2.47. The highest BCUT2D eigenvalue weighted by Gasteiger charge is 2.13. The topological polar surface area (TPSA) is 58.2 Å². The molecule has 2 rings (SSSR count). The first-order valence-electron chi connectivity index (χ1n) is 7.17. The first-order chi connectivity index (χ1) is 11.3. The highest BCUT2D eigenvalue weighted by atomic mass is 35.5. The number of nitrogens with one attached hydrogen (secondary N) is 2. The van der Waals surface area contributed by atoms with Gasteiger partial charge in [-0.2, -0.15) is 0 Å². The Labute approximate surface area is 150 Å². The molecule has 0 saturated carbocycles. The SMILES string of the molecule is CC(=O)N/C(=C/c1ccccc1C)C(=O)Nc1cc(Cl)cc(Cl)c1. The number of hydrogen-bond donors (Lipinski definition) is 2. The molecule has 2 aromatic rings. The third-order valence-corrected chi connectivity index (χ3v) is 3.60. The van der Waals surface area contributed by atoms with E-state index < -0.39 is 5.91 Å². The fourth-order valence-electron chi connectivity index (χ4n) is 2.08. The molecule has 0 bridgehead atoms. The Bertz CT molecular complexity index is 796. The van der Waals surface area contributed by atoms with Crippen LogP contribution in [0.1, 0.15) is 18.1 Å². The molecule has 2 amide bonds. The third kappa shape index (κ3) is 5.11. The van der Waals surface area contributed by atoms with Gasteiger partial charge < -0.3 is 10.6 Å². The lowest BCUT2D eigenvalue weighted by atomic mass is 10.1. The van der Waals surface area contributed by atoms with Gasteiger partial charge in [-0.05, 0) is 42.3 Å². The van der Waals surface area contributed by atoms with Crippen LogP contribution < -0.4 is 10.6 Å². The molecule has 0 unspecified atom stereocenters. The van der Waals surface area contributed by atoms with Crippen molar-refractivity contribution in [1.82, 2.24) is 5.32 Å². The standard InChI is InChI=1S/C18H16Cl2N2O2/c1-11-5-3-4-6-13(11)7-17(21-12(2)23)18(24)22-16-9-14(19)8-15(20)10-16/h3-10H,1-2H3,(H,21,23)(H,22,24)/b17-7+. The number of aryl methyl sites for hydroxylation is 1. The number of rotatable bonds is 4. The van der Waals surface area contributed by atoms with Gasteiger partial charge >= 0.3 is 0 Å². The van der Waals surface area contributed by atoms with Crippen LogP contribution in [0.4, 0.5) is 5.69 Å². The molecule has 0 atom stereocenters. The molecule has 2 aromatic carbocycles. The summed E-state index contributed by atoms with van der Waals surface area (Å²) in [5.41, 5.74) is 2.39. The molecule has 0 heterocycles. The molecule has 2 N–H and O–H groups in total. The van der Waals surface area contributed by atoms with E-state index in [9.17, 15) is 9.59 Å². The van der Waals surface area contributed by atoms with Gasteiger partial charge in [0, 0.05) is 22.7 Å². The van der Waals surface area contributed by atoms with E-state index in [-0.39, 0.29) is 11.6 Å². The summed E-state index contributed by atoms with van der Waals surface area (Å²) in [6.45, 7) is 3.26. The molecule has 0 saturated heterocycles.